The van der Waals surface area contributed by atoms with Crippen molar-refractivity contribution in [3.05, 3.63) is 54.5 Å². The van der Waals surface area contributed by atoms with Gasteiger partial charge in [-0.25, -0.2) is 0 Å². The van der Waals surface area contributed by atoms with Crippen molar-refractivity contribution in [1.82, 2.24) is 10.2 Å². The molecule has 2 saturated heterocycles. The molecule has 2 aliphatic heterocycles. The van der Waals surface area contributed by atoms with E-state index in [1.165, 1.54) is 12.5 Å². The highest BCUT2D eigenvalue weighted by atomic mass is 16.5. The summed E-state index contributed by atoms with van der Waals surface area (Å²) in [6.07, 6.45) is 9.02. The van der Waals surface area contributed by atoms with Crippen LogP contribution in [0.2, 0.25) is 0 Å². The van der Waals surface area contributed by atoms with Crippen molar-refractivity contribution in [2.75, 3.05) is 6.61 Å². The predicted molar refractivity (Wildman–Crippen MR) is 109 cm³/mol. The topological polar surface area (TPSA) is 71.8 Å². The molecule has 0 spiro atoms. The van der Waals surface area contributed by atoms with Crippen LogP contribution >= 0.6 is 0 Å². The molecule has 0 radical (unpaired) electrons. The van der Waals surface area contributed by atoms with E-state index in [2.05, 4.69) is 10.2 Å². The summed E-state index contributed by atoms with van der Waals surface area (Å²) in [4.78, 5) is 27.3. The molecule has 4 rings (SSSR count). The fourth-order valence-corrected chi connectivity index (χ4v) is 4.63. The second kappa shape index (κ2) is 9.16. The fourth-order valence-electron chi connectivity index (χ4n) is 4.63. The minimum Gasteiger partial charge on any atom is -0.494 e. The highest BCUT2D eigenvalue weighted by molar-refractivity contribution is 5.94. The van der Waals surface area contributed by atoms with E-state index in [9.17, 15) is 9.59 Å². The monoisotopic (exact) mass is 396 g/mol. The van der Waals surface area contributed by atoms with Gasteiger partial charge in [-0.1, -0.05) is 18.2 Å². The normalized spacial score (nSPS) is 23.4. The average molecular weight is 396 g/mol. The van der Waals surface area contributed by atoms with Crippen molar-refractivity contribution in [2.45, 2.75) is 63.1 Å². The first-order valence-electron chi connectivity index (χ1n) is 10.5. The lowest BCUT2D eigenvalue weighted by atomic mass is 9.81. The third-order valence-corrected chi connectivity index (χ3v) is 5.93. The van der Waals surface area contributed by atoms with Crippen molar-refractivity contribution in [3.8, 4) is 5.75 Å². The summed E-state index contributed by atoms with van der Waals surface area (Å²) < 4.78 is 10.7. The number of para-hydroxylation sites is 1. The molecule has 2 aromatic rings. The van der Waals surface area contributed by atoms with Gasteiger partial charge in [0.25, 0.3) is 5.91 Å². The van der Waals surface area contributed by atoms with E-state index in [1.807, 2.05) is 30.3 Å². The Bertz CT molecular complexity index is 792. The quantitative estimate of drug-likeness (QED) is 0.723. The summed E-state index contributed by atoms with van der Waals surface area (Å²) in [7, 11) is 0. The number of amides is 2. The molecular weight excluding hydrogens is 368 g/mol. The van der Waals surface area contributed by atoms with E-state index in [-0.39, 0.29) is 29.9 Å². The van der Waals surface area contributed by atoms with Crippen molar-refractivity contribution >= 4 is 11.8 Å². The SMILES string of the molecule is O=C(NC1C[C@H]2CCC[C@@H](C1)N2C(=O)CCCOc1ccccc1)c1ccoc1. The van der Waals surface area contributed by atoms with Gasteiger partial charge in [-0.3, -0.25) is 9.59 Å². The van der Waals surface area contributed by atoms with Crippen LogP contribution in [-0.4, -0.2) is 41.4 Å². The smallest absolute Gasteiger partial charge is 0.254 e. The van der Waals surface area contributed by atoms with Gasteiger partial charge in [0.2, 0.25) is 5.91 Å². The van der Waals surface area contributed by atoms with E-state index in [0.29, 0.717) is 25.0 Å². The standard InChI is InChI=1S/C23H28N2O4/c26-22(10-5-12-29-21-8-2-1-3-9-21)25-19-6-4-7-20(25)15-18(14-19)24-23(27)17-11-13-28-16-17/h1-3,8-9,11,13,16,18-20H,4-7,10,12,14-15H2,(H,24,27)/t18?,19-,20+. The number of carbonyl (C=O) groups excluding carboxylic acids is 2. The van der Waals surface area contributed by atoms with Crippen LogP contribution in [0.5, 0.6) is 5.75 Å². The van der Waals surface area contributed by atoms with Crippen LogP contribution in [0.25, 0.3) is 0 Å². The molecular formula is C23H28N2O4. The summed E-state index contributed by atoms with van der Waals surface area (Å²) in [6.45, 7) is 0.544. The summed E-state index contributed by atoms with van der Waals surface area (Å²) in [6, 6.07) is 11.9. The van der Waals surface area contributed by atoms with E-state index >= 15 is 0 Å². The number of benzene rings is 1. The van der Waals surface area contributed by atoms with Crippen LogP contribution in [0.3, 0.4) is 0 Å². The Hall–Kier alpha value is -2.76. The Morgan fingerprint density at radius 3 is 2.55 bits per heavy atom. The van der Waals surface area contributed by atoms with E-state index in [0.717, 1.165) is 37.9 Å². The van der Waals surface area contributed by atoms with Crippen LogP contribution < -0.4 is 10.1 Å². The molecule has 1 aromatic carbocycles. The lowest BCUT2D eigenvalue weighted by Crippen LogP contribution is -2.58. The number of fused-ring (bicyclic) bond motifs is 2. The molecule has 6 nitrogen and oxygen atoms in total. The number of hydrogen-bond acceptors (Lipinski definition) is 4. The molecule has 3 heterocycles. The fraction of sp³-hybridized carbons (Fsp3) is 0.478. The molecule has 0 saturated carbocycles. The highest BCUT2D eigenvalue weighted by Crippen LogP contribution is 2.34. The molecule has 1 N–H and O–H groups in total. The molecule has 2 aliphatic rings. The zero-order chi connectivity index (χ0) is 20.1. The zero-order valence-electron chi connectivity index (χ0n) is 16.6. The maximum atomic E-state index is 12.9. The van der Waals surface area contributed by atoms with Crippen molar-refractivity contribution in [1.29, 1.82) is 0 Å². The second-order valence-corrected chi connectivity index (χ2v) is 7.96. The summed E-state index contributed by atoms with van der Waals surface area (Å²) in [5, 5.41) is 3.12. The van der Waals surface area contributed by atoms with Crippen molar-refractivity contribution < 1.29 is 18.7 Å². The van der Waals surface area contributed by atoms with Gasteiger partial charge in [0, 0.05) is 24.5 Å². The minimum absolute atomic E-state index is 0.0975. The van der Waals surface area contributed by atoms with Gasteiger partial charge in [0.1, 0.15) is 12.0 Å². The van der Waals surface area contributed by atoms with Crippen LogP contribution in [0.15, 0.2) is 53.3 Å². The molecule has 1 unspecified atom stereocenters. The largest absolute Gasteiger partial charge is 0.494 e. The Balaban J connectivity index is 1.27. The van der Waals surface area contributed by atoms with Gasteiger partial charge in [-0.05, 0) is 56.7 Å². The van der Waals surface area contributed by atoms with Crippen LogP contribution in [0.1, 0.15) is 55.3 Å². The minimum atomic E-state index is -0.0975. The first-order chi connectivity index (χ1) is 14.2. The van der Waals surface area contributed by atoms with E-state index in [4.69, 9.17) is 9.15 Å². The Labute approximate surface area is 171 Å². The zero-order valence-corrected chi connectivity index (χ0v) is 16.6. The van der Waals surface area contributed by atoms with Gasteiger partial charge in [0.15, 0.2) is 0 Å². The van der Waals surface area contributed by atoms with Crippen molar-refractivity contribution in [3.63, 3.8) is 0 Å². The molecule has 2 bridgehead atoms. The van der Waals surface area contributed by atoms with Gasteiger partial charge in [-0.2, -0.15) is 0 Å². The second-order valence-electron chi connectivity index (χ2n) is 7.96. The molecule has 29 heavy (non-hydrogen) atoms. The first kappa shape index (κ1) is 19.6. The number of ether oxygens (including phenoxy) is 1. The van der Waals surface area contributed by atoms with Crippen molar-refractivity contribution in [2.24, 2.45) is 0 Å². The van der Waals surface area contributed by atoms with Gasteiger partial charge >= 0.3 is 0 Å². The third-order valence-electron chi connectivity index (χ3n) is 5.93. The van der Waals surface area contributed by atoms with E-state index < -0.39 is 0 Å². The number of furan rings is 1. The number of nitrogens with zero attached hydrogens (tertiary/aromatic N) is 1. The summed E-state index contributed by atoms with van der Waals surface area (Å²) in [5.41, 5.74) is 0.548. The lowest BCUT2D eigenvalue weighted by molar-refractivity contribution is -0.141. The number of hydrogen-bond donors (Lipinski definition) is 1. The van der Waals surface area contributed by atoms with Gasteiger partial charge in [-0.15, -0.1) is 0 Å². The molecule has 1 aromatic heterocycles. The Morgan fingerprint density at radius 1 is 1.10 bits per heavy atom. The molecule has 0 aliphatic carbocycles. The predicted octanol–water partition coefficient (Wildman–Crippen LogP) is 3.78. The Morgan fingerprint density at radius 2 is 1.86 bits per heavy atom. The third kappa shape index (κ3) is 4.81. The molecule has 2 fully saturated rings. The maximum Gasteiger partial charge on any atom is 0.254 e. The van der Waals surface area contributed by atoms with Gasteiger partial charge in [0.05, 0.1) is 18.4 Å². The summed E-state index contributed by atoms with van der Waals surface area (Å²) in [5.74, 6) is 0.960. The average Bonchev–Trinajstić information content (AvgIpc) is 3.26. The number of rotatable bonds is 7. The molecule has 2 amide bonds. The Kier molecular flexibility index (Phi) is 6.17. The van der Waals surface area contributed by atoms with Crippen LogP contribution in [0.4, 0.5) is 0 Å². The lowest BCUT2D eigenvalue weighted by Gasteiger charge is -2.49. The van der Waals surface area contributed by atoms with Gasteiger partial charge < -0.3 is 19.4 Å². The van der Waals surface area contributed by atoms with Crippen LogP contribution in [-0.2, 0) is 4.79 Å². The molecule has 6 heteroatoms. The summed E-state index contributed by atoms with van der Waals surface area (Å²) >= 11 is 0. The number of piperidine rings is 2. The van der Waals surface area contributed by atoms with E-state index in [1.54, 1.807) is 6.07 Å². The first-order valence-corrected chi connectivity index (χ1v) is 10.5. The highest BCUT2D eigenvalue weighted by Gasteiger charge is 2.40. The number of nitrogens with one attached hydrogen (secondary N) is 1. The maximum absolute atomic E-state index is 12.9. The molecule has 154 valence electrons. The number of carbonyl (C=O) groups is 2. The van der Waals surface area contributed by atoms with Crippen LogP contribution in [0, 0.1) is 0 Å². The molecule has 3 atom stereocenters.